The van der Waals surface area contributed by atoms with E-state index >= 15 is 0 Å². The number of aryl methyl sites for hydroxylation is 1. The molecule has 31 heavy (non-hydrogen) atoms. The molecule has 7 nitrogen and oxygen atoms in total. The largest absolute Gasteiger partial charge is 0.490 e. The van der Waals surface area contributed by atoms with Crippen molar-refractivity contribution in [2.24, 2.45) is 10.1 Å². The van der Waals surface area contributed by atoms with Gasteiger partial charge in [0.1, 0.15) is 24.0 Å². The summed E-state index contributed by atoms with van der Waals surface area (Å²) in [6.45, 7) is 5.68. The number of carbonyl (C=O) groups excluding carboxylic acids is 1. The summed E-state index contributed by atoms with van der Waals surface area (Å²) >= 11 is 1.16. The number of carbonyl (C=O) groups is 1. The van der Waals surface area contributed by atoms with Crippen molar-refractivity contribution in [1.29, 1.82) is 0 Å². The third-order valence-electron chi connectivity index (χ3n) is 4.77. The molecule has 0 unspecified atom stereocenters. The first-order chi connectivity index (χ1) is 14.7. The molecular formula is C22H22FN5O2S. The molecule has 0 fully saturated rings. The Morgan fingerprint density at radius 1 is 1.29 bits per heavy atom. The van der Waals surface area contributed by atoms with Crippen molar-refractivity contribution in [3.8, 4) is 5.75 Å². The van der Waals surface area contributed by atoms with Crippen molar-refractivity contribution >= 4 is 40.5 Å². The molecule has 0 saturated heterocycles. The number of amides is 1. The minimum absolute atomic E-state index is 0.186. The molecule has 0 atom stereocenters. The fraction of sp³-hybridized carbons (Fsp3) is 0.227. The van der Waals surface area contributed by atoms with Gasteiger partial charge in [-0.05, 0) is 57.2 Å². The second kappa shape index (κ2) is 8.07. The highest BCUT2D eigenvalue weighted by Gasteiger charge is 2.25. The number of amidine groups is 1. The van der Waals surface area contributed by atoms with Crippen LogP contribution in [0.3, 0.4) is 0 Å². The molecule has 0 spiro atoms. The lowest BCUT2D eigenvalue weighted by molar-refractivity contribution is 0.0882. The van der Waals surface area contributed by atoms with Crippen molar-refractivity contribution in [3.63, 3.8) is 0 Å². The smallest absolute Gasteiger partial charge is 0.252 e. The highest BCUT2D eigenvalue weighted by atomic mass is 32.2. The van der Waals surface area contributed by atoms with Gasteiger partial charge in [-0.2, -0.15) is 4.40 Å². The maximum atomic E-state index is 13.8. The van der Waals surface area contributed by atoms with E-state index in [9.17, 15) is 9.18 Å². The summed E-state index contributed by atoms with van der Waals surface area (Å²) in [5, 5.41) is 3.44. The number of ether oxygens (including phenoxy) is 1. The zero-order valence-electron chi connectivity index (χ0n) is 17.3. The van der Waals surface area contributed by atoms with E-state index in [1.807, 2.05) is 26.0 Å². The van der Waals surface area contributed by atoms with Gasteiger partial charge in [0, 0.05) is 11.1 Å². The third-order valence-corrected chi connectivity index (χ3v) is 5.37. The van der Waals surface area contributed by atoms with Crippen LogP contribution in [0.5, 0.6) is 5.75 Å². The van der Waals surface area contributed by atoms with Gasteiger partial charge in [-0.15, -0.1) is 0 Å². The number of benzene rings is 2. The zero-order chi connectivity index (χ0) is 22.2. The Labute approximate surface area is 183 Å². The van der Waals surface area contributed by atoms with Crippen molar-refractivity contribution in [1.82, 2.24) is 10.3 Å². The number of anilines is 1. The lowest BCUT2D eigenvalue weighted by Gasteiger charge is -2.28. The number of nitrogens with zero attached hydrogens (tertiary/aromatic N) is 2. The second-order valence-corrected chi connectivity index (χ2v) is 8.52. The topological polar surface area (TPSA) is 102 Å². The van der Waals surface area contributed by atoms with Gasteiger partial charge in [-0.1, -0.05) is 6.07 Å². The first-order valence-electron chi connectivity index (χ1n) is 9.65. The summed E-state index contributed by atoms with van der Waals surface area (Å²) in [6, 6.07) is 11.4. The predicted octanol–water partition coefficient (Wildman–Crippen LogP) is 3.96. The Balaban J connectivity index is 1.54. The minimum atomic E-state index is -0.723. The molecule has 3 aromatic rings. The summed E-state index contributed by atoms with van der Waals surface area (Å²) in [5.41, 5.74) is 8.42. The van der Waals surface area contributed by atoms with Crippen LogP contribution in [0.15, 0.2) is 46.9 Å². The molecule has 9 heteroatoms. The average Bonchev–Trinajstić information content (AvgIpc) is 2.72. The maximum Gasteiger partial charge on any atom is 0.252 e. The molecule has 1 amide bonds. The van der Waals surface area contributed by atoms with Crippen molar-refractivity contribution in [2.45, 2.75) is 26.3 Å². The summed E-state index contributed by atoms with van der Waals surface area (Å²) in [4.78, 5) is 17.4. The first-order valence-corrected chi connectivity index (χ1v) is 10.4. The lowest BCUT2D eigenvalue weighted by Crippen LogP contribution is -2.48. The van der Waals surface area contributed by atoms with Gasteiger partial charge in [0.05, 0.1) is 40.0 Å². The van der Waals surface area contributed by atoms with Crippen LogP contribution in [0.4, 0.5) is 10.1 Å². The van der Waals surface area contributed by atoms with Crippen LogP contribution in [0.2, 0.25) is 0 Å². The highest BCUT2D eigenvalue weighted by molar-refractivity contribution is 7.99. The van der Waals surface area contributed by atoms with E-state index in [0.717, 1.165) is 17.8 Å². The summed E-state index contributed by atoms with van der Waals surface area (Å²) in [5.74, 6) is 0.191. The number of nitrogens with two attached hydrogens (primary N) is 1. The number of nitrogens with one attached hydrogen (secondary N) is 2. The molecule has 1 aromatic heterocycles. The molecule has 4 N–H and O–H groups in total. The quantitative estimate of drug-likeness (QED) is 0.520. The number of hydrogen-bond donors (Lipinski definition) is 3. The fourth-order valence-corrected chi connectivity index (χ4v) is 3.86. The Morgan fingerprint density at radius 3 is 2.90 bits per heavy atom. The average molecular weight is 440 g/mol. The summed E-state index contributed by atoms with van der Waals surface area (Å²) in [6.07, 6.45) is 0. The molecule has 0 bridgehead atoms. The molecule has 0 radical (unpaired) electrons. The summed E-state index contributed by atoms with van der Waals surface area (Å²) in [7, 11) is 0. The van der Waals surface area contributed by atoms with Gasteiger partial charge in [0.2, 0.25) is 0 Å². The van der Waals surface area contributed by atoms with Crippen LogP contribution >= 0.6 is 12.1 Å². The number of hydrogen-bond acceptors (Lipinski definition) is 7. The Kier molecular flexibility index (Phi) is 5.45. The zero-order valence-corrected chi connectivity index (χ0v) is 18.1. The van der Waals surface area contributed by atoms with Crippen LogP contribution in [-0.2, 0) is 0 Å². The third kappa shape index (κ3) is 4.41. The van der Waals surface area contributed by atoms with Gasteiger partial charge in [-0.25, -0.2) is 4.39 Å². The van der Waals surface area contributed by atoms with Crippen LogP contribution in [-0.4, -0.2) is 28.9 Å². The molecule has 4 rings (SSSR count). The van der Waals surface area contributed by atoms with E-state index in [-0.39, 0.29) is 12.5 Å². The van der Waals surface area contributed by atoms with E-state index in [1.54, 1.807) is 25.1 Å². The number of fused-ring (bicyclic) bond motifs is 2. The molecule has 0 aliphatic carbocycles. The maximum absolute atomic E-state index is 13.8. The lowest BCUT2D eigenvalue weighted by atomic mass is 10.0. The Hall–Kier alpha value is -3.33. The first kappa shape index (κ1) is 20.9. The summed E-state index contributed by atoms with van der Waals surface area (Å²) < 4.78 is 27.0. The van der Waals surface area contributed by atoms with Crippen molar-refractivity contribution < 1.29 is 13.9 Å². The number of halogens is 1. The van der Waals surface area contributed by atoms with Gasteiger partial charge in [-0.3, -0.25) is 9.78 Å². The molecule has 0 saturated carbocycles. The van der Waals surface area contributed by atoms with Gasteiger partial charge >= 0.3 is 0 Å². The molecule has 2 heterocycles. The number of pyridine rings is 1. The normalized spacial score (nSPS) is 13.2. The Bertz CT molecular complexity index is 1210. The van der Waals surface area contributed by atoms with Crippen molar-refractivity contribution in [3.05, 3.63) is 65.1 Å². The van der Waals surface area contributed by atoms with E-state index in [4.69, 9.17) is 10.5 Å². The van der Waals surface area contributed by atoms with Gasteiger partial charge < -0.3 is 20.5 Å². The van der Waals surface area contributed by atoms with Crippen LogP contribution in [0, 0.1) is 12.7 Å². The monoisotopic (exact) mass is 439 g/mol. The molecule has 1 aliphatic rings. The van der Waals surface area contributed by atoms with Gasteiger partial charge in [0.15, 0.2) is 0 Å². The molecule has 1 aliphatic heterocycles. The molecule has 2 aromatic carbocycles. The minimum Gasteiger partial charge on any atom is -0.490 e. The second-order valence-electron chi connectivity index (χ2n) is 7.95. The van der Waals surface area contributed by atoms with Crippen LogP contribution in [0.1, 0.15) is 35.5 Å². The number of aromatic nitrogens is 1. The van der Waals surface area contributed by atoms with Crippen LogP contribution < -0.4 is 20.5 Å². The molecular weight excluding hydrogens is 417 g/mol. The van der Waals surface area contributed by atoms with E-state index in [2.05, 4.69) is 19.4 Å². The van der Waals surface area contributed by atoms with E-state index in [0.29, 0.717) is 39.3 Å². The van der Waals surface area contributed by atoms with Crippen molar-refractivity contribution in [2.75, 3.05) is 11.3 Å². The van der Waals surface area contributed by atoms with E-state index in [1.165, 1.54) is 12.1 Å². The van der Waals surface area contributed by atoms with Crippen LogP contribution in [0.25, 0.3) is 10.9 Å². The van der Waals surface area contributed by atoms with Gasteiger partial charge in [0.25, 0.3) is 5.91 Å². The highest BCUT2D eigenvalue weighted by Crippen LogP contribution is 2.32. The molecule has 160 valence electrons. The van der Waals surface area contributed by atoms with E-state index < -0.39 is 11.4 Å². The predicted molar refractivity (Wildman–Crippen MR) is 122 cm³/mol. The SMILES string of the molecule is Cc1cc(C(=O)NC(C)(C)COc2cccc3c2C(N)=NSN3)c2cc(F)ccc2n1. The standard InChI is InChI=1S/C22H22FN5O2S/c1-12-9-15(14-10-13(23)7-8-16(14)25-12)21(29)26-22(2,3)11-30-18-6-4-5-17-19(18)20(24)28-31-27-17/h4-10,27H,11H2,1-3H3,(H2,24,28)(H,26,29). The Morgan fingerprint density at radius 2 is 2.10 bits per heavy atom. The number of rotatable bonds is 5. The fourth-order valence-electron chi connectivity index (χ4n) is 3.35.